The second-order valence-corrected chi connectivity index (χ2v) is 7.62. The maximum atomic E-state index is 13.6. The Bertz CT molecular complexity index is 817. The molecule has 0 radical (unpaired) electrons. The molecule has 1 N–H and O–H groups in total. The highest BCUT2D eigenvalue weighted by molar-refractivity contribution is 7.90. The number of benzene rings is 1. The van der Waals surface area contributed by atoms with Crippen LogP contribution in [0.25, 0.3) is 0 Å². The van der Waals surface area contributed by atoms with Gasteiger partial charge in [-0.3, -0.25) is 0 Å². The molecule has 1 aromatic heterocycles. The lowest BCUT2D eigenvalue weighted by atomic mass is 10.2. The summed E-state index contributed by atoms with van der Waals surface area (Å²) >= 11 is 6.80. The molecule has 1 heterocycles. The van der Waals surface area contributed by atoms with E-state index in [2.05, 4.69) is 4.98 Å². The highest BCUT2D eigenvalue weighted by atomic mass is 35.5. The minimum atomic E-state index is -3.91. The molecule has 0 unspecified atom stereocenters. The first kappa shape index (κ1) is 15.9. The fraction of sp³-hybridized carbons (Fsp3) is 0.167. The van der Waals surface area contributed by atoms with Crippen LogP contribution in [0.5, 0.6) is 0 Å². The van der Waals surface area contributed by atoms with Gasteiger partial charge in [0, 0.05) is 5.38 Å². The predicted octanol–water partition coefficient (Wildman–Crippen LogP) is 2.92. The Morgan fingerprint density at radius 1 is 1.48 bits per heavy atom. The standard InChI is InChI=1S/C12H9ClFNO4S2/c1-6-15-7(4-20-6)5-21(18,19)8-2-9(12(16)17)11(13)10(14)3-8/h2-4H,5H2,1H3,(H,16,17). The summed E-state index contributed by atoms with van der Waals surface area (Å²) in [6.45, 7) is 1.73. The van der Waals surface area contributed by atoms with E-state index in [1.807, 2.05) is 0 Å². The van der Waals surface area contributed by atoms with Crippen LogP contribution in [0.15, 0.2) is 22.4 Å². The smallest absolute Gasteiger partial charge is 0.337 e. The molecule has 0 saturated heterocycles. The lowest BCUT2D eigenvalue weighted by molar-refractivity contribution is 0.0696. The molecule has 112 valence electrons. The SMILES string of the molecule is Cc1nc(CS(=O)(=O)c2cc(F)c(Cl)c(C(=O)O)c2)cs1. The second kappa shape index (κ2) is 5.70. The molecule has 0 aliphatic rings. The van der Waals surface area contributed by atoms with Crippen LogP contribution in [0.4, 0.5) is 4.39 Å². The van der Waals surface area contributed by atoms with Gasteiger partial charge in [0.2, 0.25) is 0 Å². The number of halogens is 2. The summed E-state index contributed by atoms with van der Waals surface area (Å²) < 4.78 is 38.0. The van der Waals surface area contributed by atoms with E-state index in [1.54, 1.807) is 12.3 Å². The van der Waals surface area contributed by atoms with Crippen molar-refractivity contribution in [2.24, 2.45) is 0 Å². The van der Waals surface area contributed by atoms with Crippen molar-refractivity contribution >= 4 is 38.7 Å². The van der Waals surface area contributed by atoms with Gasteiger partial charge < -0.3 is 5.11 Å². The summed E-state index contributed by atoms with van der Waals surface area (Å²) in [5.41, 5.74) is -0.269. The lowest BCUT2D eigenvalue weighted by Crippen LogP contribution is -2.09. The molecule has 5 nitrogen and oxygen atoms in total. The minimum Gasteiger partial charge on any atom is -0.478 e. The van der Waals surface area contributed by atoms with Crippen molar-refractivity contribution in [1.82, 2.24) is 4.98 Å². The van der Waals surface area contributed by atoms with Crippen molar-refractivity contribution < 1.29 is 22.7 Å². The predicted molar refractivity (Wildman–Crippen MR) is 76.1 cm³/mol. The van der Waals surface area contributed by atoms with E-state index in [0.29, 0.717) is 16.8 Å². The van der Waals surface area contributed by atoms with Crippen molar-refractivity contribution in [3.8, 4) is 0 Å². The zero-order valence-corrected chi connectivity index (χ0v) is 13.0. The summed E-state index contributed by atoms with van der Waals surface area (Å²) in [4.78, 5) is 14.5. The number of nitrogens with zero attached hydrogens (tertiary/aromatic N) is 1. The Morgan fingerprint density at radius 2 is 2.14 bits per heavy atom. The van der Waals surface area contributed by atoms with Crippen molar-refractivity contribution in [1.29, 1.82) is 0 Å². The van der Waals surface area contributed by atoms with Gasteiger partial charge in [-0.05, 0) is 19.1 Å². The topological polar surface area (TPSA) is 84.3 Å². The molecule has 9 heteroatoms. The van der Waals surface area contributed by atoms with Crippen LogP contribution < -0.4 is 0 Å². The van der Waals surface area contributed by atoms with Gasteiger partial charge in [0.15, 0.2) is 9.84 Å². The second-order valence-electron chi connectivity index (χ2n) is 4.19. The van der Waals surface area contributed by atoms with E-state index in [1.165, 1.54) is 11.3 Å². The Hall–Kier alpha value is -1.51. The zero-order valence-electron chi connectivity index (χ0n) is 10.6. The zero-order chi connectivity index (χ0) is 15.8. The van der Waals surface area contributed by atoms with Crippen LogP contribution in [0, 0.1) is 12.7 Å². The van der Waals surface area contributed by atoms with Gasteiger partial charge in [-0.25, -0.2) is 22.6 Å². The maximum Gasteiger partial charge on any atom is 0.337 e. The van der Waals surface area contributed by atoms with Gasteiger partial charge in [0.1, 0.15) is 5.82 Å². The Morgan fingerprint density at radius 3 is 2.67 bits per heavy atom. The monoisotopic (exact) mass is 349 g/mol. The molecule has 21 heavy (non-hydrogen) atoms. The van der Waals surface area contributed by atoms with Gasteiger partial charge in [-0.15, -0.1) is 11.3 Å². The molecule has 2 rings (SSSR count). The third kappa shape index (κ3) is 3.39. The largest absolute Gasteiger partial charge is 0.478 e. The number of thiazole rings is 1. The molecule has 0 atom stereocenters. The third-order valence-corrected chi connectivity index (χ3v) is 5.43. The summed E-state index contributed by atoms with van der Waals surface area (Å²) in [5.74, 6) is -3.03. The number of sulfone groups is 1. The molecule has 0 spiro atoms. The van der Waals surface area contributed by atoms with Crippen LogP contribution in [0.3, 0.4) is 0 Å². The summed E-state index contributed by atoms with van der Waals surface area (Å²) in [5, 5.41) is 10.6. The molecule has 0 aliphatic carbocycles. The number of rotatable bonds is 4. The Balaban J connectivity index is 2.47. The van der Waals surface area contributed by atoms with E-state index < -0.39 is 42.9 Å². The first-order valence-corrected chi connectivity index (χ1v) is 8.48. The molecular weight excluding hydrogens is 341 g/mol. The van der Waals surface area contributed by atoms with Crippen LogP contribution in [0.1, 0.15) is 21.1 Å². The third-order valence-electron chi connectivity index (χ3n) is 2.60. The van der Waals surface area contributed by atoms with Crippen LogP contribution in [-0.2, 0) is 15.6 Å². The molecule has 2 aromatic rings. The number of hydrogen-bond donors (Lipinski definition) is 1. The molecule has 0 amide bonds. The van der Waals surface area contributed by atoms with E-state index in [0.717, 1.165) is 6.07 Å². The lowest BCUT2D eigenvalue weighted by Gasteiger charge is -2.06. The average molecular weight is 350 g/mol. The highest BCUT2D eigenvalue weighted by Crippen LogP contribution is 2.26. The fourth-order valence-electron chi connectivity index (χ4n) is 1.65. The number of carboxylic acids is 1. The number of aryl methyl sites for hydroxylation is 1. The van der Waals surface area contributed by atoms with Crippen molar-refractivity contribution in [2.75, 3.05) is 0 Å². The summed E-state index contributed by atoms with van der Waals surface area (Å²) in [7, 11) is -3.91. The van der Waals surface area contributed by atoms with Crippen LogP contribution in [-0.4, -0.2) is 24.5 Å². The quantitative estimate of drug-likeness (QED) is 0.917. The van der Waals surface area contributed by atoms with E-state index >= 15 is 0 Å². The van der Waals surface area contributed by atoms with E-state index in [4.69, 9.17) is 16.7 Å². The number of carboxylic acid groups (broad SMARTS) is 1. The summed E-state index contributed by atoms with van der Waals surface area (Å²) in [6, 6.07) is 1.56. The maximum absolute atomic E-state index is 13.6. The van der Waals surface area contributed by atoms with Gasteiger partial charge in [-0.1, -0.05) is 11.6 Å². The fourth-order valence-corrected chi connectivity index (χ4v) is 3.84. The first-order valence-electron chi connectivity index (χ1n) is 5.57. The van der Waals surface area contributed by atoms with Crippen molar-refractivity contribution in [3.63, 3.8) is 0 Å². The number of hydrogen-bond acceptors (Lipinski definition) is 5. The molecule has 0 aliphatic heterocycles. The first-order chi connectivity index (χ1) is 9.70. The van der Waals surface area contributed by atoms with Crippen molar-refractivity contribution in [2.45, 2.75) is 17.6 Å². The van der Waals surface area contributed by atoms with Gasteiger partial charge >= 0.3 is 5.97 Å². The van der Waals surface area contributed by atoms with Gasteiger partial charge in [0.25, 0.3) is 0 Å². The number of aromatic nitrogens is 1. The molecular formula is C12H9ClFNO4S2. The molecule has 0 saturated carbocycles. The normalized spacial score (nSPS) is 11.6. The van der Waals surface area contributed by atoms with Gasteiger partial charge in [0.05, 0.1) is 31.9 Å². The molecule has 0 bridgehead atoms. The average Bonchev–Trinajstić information content (AvgIpc) is 2.76. The minimum absolute atomic E-state index is 0.324. The highest BCUT2D eigenvalue weighted by Gasteiger charge is 2.23. The van der Waals surface area contributed by atoms with E-state index in [9.17, 15) is 17.6 Å². The van der Waals surface area contributed by atoms with Gasteiger partial charge in [-0.2, -0.15) is 0 Å². The summed E-state index contributed by atoms with van der Waals surface area (Å²) in [6.07, 6.45) is 0. The Kier molecular flexibility index (Phi) is 4.31. The number of carbonyl (C=O) groups is 1. The van der Waals surface area contributed by atoms with E-state index in [-0.39, 0.29) is 0 Å². The van der Waals surface area contributed by atoms with Crippen molar-refractivity contribution in [3.05, 3.63) is 44.6 Å². The molecule has 0 fully saturated rings. The van der Waals surface area contributed by atoms with Crippen LogP contribution >= 0.6 is 22.9 Å². The number of aromatic carboxylic acids is 1. The van der Waals surface area contributed by atoms with Crippen LogP contribution in [0.2, 0.25) is 5.02 Å². The Labute approximate surface area is 128 Å². The molecule has 1 aromatic carbocycles.